The zero-order chi connectivity index (χ0) is 15.0. The van der Waals surface area contributed by atoms with Gasteiger partial charge in [0.15, 0.2) is 11.6 Å². The highest BCUT2D eigenvalue weighted by molar-refractivity contribution is 7.95. The van der Waals surface area contributed by atoms with E-state index in [1.165, 1.54) is 24.3 Å². The van der Waals surface area contributed by atoms with Crippen LogP contribution >= 0.6 is 0 Å². The number of fused-ring (bicyclic) bond motifs is 1. The molecule has 0 aliphatic carbocycles. The van der Waals surface area contributed by atoms with E-state index < -0.39 is 21.5 Å². The topological polar surface area (TPSA) is 43.4 Å². The summed E-state index contributed by atoms with van der Waals surface area (Å²) in [4.78, 5) is 0.0380. The number of ether oxygens (including phenoxy) is 1. The molecule has 0 fully saturated rings. The van der Waals surface area contributed by atoms with Gasteiger partial charge in [-0.1, -0.05) is 12.1 Å². The number of sulfone groups is 1. The Hall–Kier alpha value is -2.21. The fourth-order valence-electron chi connectivity index (χ4n) is 2.14. The van der Waals surface area contributed by atoms with Crippen molar-refractivity contribution in [1.82, 2.24) is 0 Å². The molecule has 6 heteroatoms. The summed E-state index contributed by atoms with van der Waals surface area (Å²) in [5.74, 6) is -1.07. The van der Waals surface area contributed by atoms with E-state index in [4.69, 9.17) is 4.74 Å². The Morgan fingerprint density at radius 2 is 1.81 bits per heavy atom. The van der Waals surface area contributed by atoms with Crippen molar-refractivity contribution in [3.63, 3.8) is 0 Å². The van der Waals surface area contributed by atoms with Crippen LogP contribution in [0.25, 0.3) is 5.57 Å². The first kappa shape index (κ1) is 13.8. The highest BCUT2D eigenvalue weighted by Gasteiger charge is 2.27. The van der Waals surface area contributed by atoms with Crippen LogP contribution in [0.5, 0.6) is 5.75 Å². The molecule has 0 N–H and O–H groups in total. The lowest BCUT2D eigenvalue weighted by molar-refractivity contribution is 0.348. The van der Waals surface area contributed by atoms with Crippen molar-refractivity contribution in [2.45, 2.75) is 4.90 Å². The fraction of sp³-hybridized carbons (Fsp3) is 0.0667. The van der Waals surface area contributed by atoms with E-state index >= 15 is 0 Å². The van der Waals surface area contributed by atoms with Gasteiger partial charge in [-0.25, -0.2) is 17.2 Å². The maximum Gasteiger partial charge on any atom is 0.200 e. The Kier molecular flexibility index (Phi) is 3.25. The molecule has 0 amide bonds. The first-order chi connectivity index (χ1) is 9.97. The molecule has 108 valence electrons. The van der Waals surface area contributed by atoms with Crippen LogP contribution in [0.4, 0.5) is 8.78 Å². The maximum atomic E-state index is 13.5. The third-order valence-electron chi connectivity index (χ3n) is 3.11. The van der Waals surface area contributed by atoms with Crippen LogP contribution in [0.1, 0.15) is 5.56 Å². The van der Waals surface area contributed by atoms with Crippen molar-refractivity contribution in [2.75, 3.05) is 6.61 Å². The van der Waals surface area contributed by atoms with E-state index in [0.29, 0.717) is 5.57 Å². The summed E-state index contributed by atoms with van der Waals surface area (Å²) < 4.78 is 55.9. The minimum atomic E-state index is -3.59. The second-order valence-electron chi connectivity index (χ2n) is 4.55. The highest BCUT2D eigenvalue weighted by atomic mass is 32.2. The van der Waals surface area contributed by atoms with Crippen LogP contribution in [-0.2, 0) is 9.84 Å². The zero-order valence-corrected chi connectivity index (χ0v) is 11.5. The molecule has 0 saturated heterocycles. The first-order valence-electron chi connectivity index (χ1n) is 6.10. The Labute approximate surface area is 120 Å². The van der Waals surface area contributed by atoms with Crippen molar-refractivity contribution in [3.05, 3.63) is 65.1 Å². The number of rotatable bonds is 3. The molecular formula is C15H10F2O3S. The summed E-state index contributed by atoms with van der Waals surface area (Å²) in [5.41, 5.74) is 0.555. The first-order valence-corrected chi connectivity index (χ1v) is 7.65. The minimum absolute atomic E-state index is 0.0145. The molecule has 1 aliphatic rings. The van der Waals surface area contributed by atoms with Crippen molar-refractivity contribution >= 4 is 15.4 Å². The molecule has 2 aromatic carbocycles. The third-order valence-corrected chi connectivity index (χ3v) is 4.68. The summed E-state index contributed by atoms with van der Waals surface area (Å²) in [6.07, 6.45) is 0. The normalized spacial score (nSPS) is 15.4. The van der Waals surface area contributed by atoms with Crippen LogP contribution in [0.2, 0.25) is 0 Å². The molecule has 3 nitrogen and oxygen atoms in total. The van der Waals surface area contributed by atoms with Crippen LogP contribution in [0, 0.1) is 11.6 Å². The summed E-state index contributed by atoms with van der Waals surface area (Å²) >= 11 is 0. The smallest absolute Gasteiger partial charge is 0.200 e. The Morgan fingerprint density at radius 1 is 1.05 bits per heavy atom. The maximum absolute atomic E-state index is 13.5. The van der Waals surface area contributed by atoms with E-state index in [1.807, 2.05) is 0 Å². The second kappa shape index (κ2) is 4.96. The van der Waals surface area contributed by atoms with Gasteiger partial charge in [-0.3, -0.25) is 0 Å². The molecule has 0 atom stereocenters. The standard InChI is InChI=1S/C15H10F2O3S/c16-11-5-6-15-12(7-11)10(9-21(15,18)19)8-20-14-4-2-1-3-13(14)17/h1-7,9H,8H2. The van der Waals surface area contributed by atoms with E-state index in [0.717, 1.165) is 17.5 Å². The lowest BCUT2D eigenvalue weighted by atomic mass is 10.1. The van der Waals surface area contributed by atoms with Crippen LogP contribution in [-0.4, -0.2) is 15.0 Å². The number of benzene rings is 2. The van der Waals surface area contributed by atoms with Gasteiger partial charge in [0.25, 0.3) is 0 Å². The molecule has 1 heterocycles. The van der Waals surface area contributed by atoms with Gasteiger partial charge in [0.2, 0.25) is 9.84 Å². The quantitative estimate of drug-likeness (QED) is 0.818. The van der Waals surface area contributed by atoms with Crippen molar-refractivity contribution in [2.24, 2.45) is 0 Å². The van der Waals surface area contributed by atoms with Gasteiger partial charge in [0.1, 0.15) is 12.4 Å². The van der Waals surface area contributed by atoms with Gasteiger partial charge >= 0.3 is 0 Å². The van der Waals surface area contributed by atoms with Gasteiger partial charge in [-0.05, 0) is 30.3 Å². The van der Waals surface area contributed by atoms with Crippen molar-refractivity contribution in [1.29, 1.82) is 0 Å². The van der Waals surface area contributed by atoms with E-state index in [-0.39, 0.29) is 22.8 Å². The summed E-state index contributed by atoms with van der Waals surface area (Å²) in [6, 6.07) is 9.24. The van der Waals surface area contributed by atoms with Gasteiger partial charge in [-0.15, -0.1) is 0 Å². The number of para-hydroxylation sites is 1. The third kappa shape index (κ3) is 2.54. The van der Waals surface area contributed by atoms with Gasteiger partial charge < -0.3 is 4.74 Å². The lowest BCUT2D eigenvalue weighted by Gasteiger charge is -2.08. The monoisotopic (exact) mass is 308 g/mol. The van der Waals surface area contributed by atoms with Gasteiger partial charge in [0.05, 0.1) is 4.90 Å². The minimum Gasteiger partial charge on any atom is -0.486 e. The Morgan fingerprint density at radius 3 is 2.57 bits per heavy atom. The molecule has 0 spiro atoms. The van der Waals surface area contributed by atoms with Gasteiger partial charge in [-0.2, -0.15) is 0 Å². The fourth-order valence-corrected chi connectivity index (χ4v) is 3.60. The van der Waals surface area contributed by atoms with Gasteiger partial charge in [0, 0.05) is 16.5 Å². The molecule has 0 bridgehead atoms. The SMILES string of the molecule is O=S1(=O)C=C(COc2ccccc2F)c2cc(F)ccc21. The lowest BCUT2D eigenvalue weighted by Crippen LogP contribution is -2.01. The molecule has 0 radical (unpaired) electrons. The predicted octanol–water partition coefficient (Wildman–Crippen LogP) is 3.17. The molecule has 0 aromatic heterocycles. The summed E-state index contributed by atoms with van der Waals surface area (Å²) in [7, 11) is -3.59. The number of halogens is 2. The predicted molar refractivity (Wildman–Crippen MR) is 73.5 cm³/mol. The molecule has 21 heavy (non-hydrogen) atoms. The van der Waals surface area contributed by atoms with E-state index in [9.17, 15) is 17.2 Å². The average Bonchev–Trinajstić information content (AvgIpc) is 2.69. The van der Waals surface area contributed by atoms with Crippen LogP contribution in [0.15, 0.2) is 52.8 Å². The Bertz CT molecular complexity index is 842. The van der Waals surface area contributed by atoms with E-state index in [2.05, 4.69) is 0 Å². The van der Waals surface area contributed by atoms with Crippen molar-refractivity contribution < 1.29 is 21.9 Å². The zero-order valence-electron chi connectivity index (χ0n) is 10.7. The molecular weight excluding hydrogens is 298 g/mol. The second-order valence-corrected chi connectivity index (χ2v) is 6.31. The van der Waals surface area contributed by atoms with Crippen molar-refractivity contribution in [3.8, 4) is 5.75 Å². The molecule has 2 aromatic rings. The Balaban J connectivity index is 1.91. The average molecular weight is 308 g/mol. The van der Waals surface area contributed by atoms with Crippen LogP contribution < -0.4 is 4.74 Å². The summed E-state index contributed by atoms with van der Waals surface area (Å²) in [6.45, 7) is -0.156. The largest absolute Gasteiger partial charge is 0.486 e. The summed E-state index contributed by atoms with van der Waals surface area (Å²) in [5, 5.41) is 1.03. The number of hydrogen-bond acceptors (Lipinski definition) is 3. The van der Waals surface area contributed by atoms with E-state index in [1.54, 1.807) is 6.07 Å². The molecule has 3 rings (SSSR count). The number of hydrogen-bond donors (Lipinski definition) is 0. The van der Waals surface area contributed by atoms with Crippen LogP contribution in [0.3, 0.4) is 0 Å². The molecule has 0 unspecified atom stereocenters. The highest BCUT2D eigenvalue weighted by Crippen LogP contribution is 2.34. The molecule has 0 saturated carbocycles. The molecule has 1 aliphatic heterocycles.